The zero-order valence-electron chi connectivity index (χ0n) is 29.8. The lowest BCUT2D eigenvalue weighted by Crippen LogP contribution is -2.36. The Labute approximate surface area is 248 Å². The maximum atomic E-state index is 12.7. The number of carbonyl (C=O) groups is 1. The van der Waals surface area contributed by atoms with Gasteiger partial charge < -0.3 is 9.84 Å². The minimum absolute atomic E-state index is 0.0821. The number of non-ortho nitro benzene ring substituents is 1. The number of fused-ring (bicyclic) bond motifs is 1. The van der Waals surface area contributed by atoms with E-state index in [1.54, 1.807) is 0 Å². The molecule has 218 valence electrons. The third-order valence-corrected chi connectivity index (χ3v) is 9.68. The smallest absolute Gasteiger partial charge is 0.338 e. The molecule has 0 aromatic heterocycles. The number of allylic oxidation sites excluding steroid dienone is 4. The summed E-state index contributed by atoms with van der Waals surface area (Å²) < 4.78 is 51.7. The molecule has 1 aromatic rings. The number of nitro groups is 1. The normalized spacial score (nSPS) is 32.7. The van der Waals surface area contributed by atoms with Crippen molar-refractivity contribution in [3.63, 3.8) is 0 Å². The maximum Gasteiger partial charge on any atom is 0.338 e. The highest BCUT2D eigenvalue weighted by Gasteiger charge is 2.50. The minimum atomic E-state index is -2.98. The van der Waals surface area contributed by atoms with Crippen LogP contribution < -0.4 is 0 Å². The van der Waals surface area contributed by atoms with Crippen LogP contribution >= 0.6 is 0 Å². The van der Waals surface area contributed by atoms with Gasteiger partial charge >= 0.3 is 5.97 Å². The lowest BCUT2D eigenvalue weighted by Gasteiger charge is -2.44. The van der Waals surface area contributed by atoms with Gasteiger partial charge in [0, 0.05) is 26.8 Å². The van der Waals surface area contributed by atoms with E-state index in [9.17, 15) is 20.0 Å². The highest BCUT2D eigenvalue weighted by Crippen LogP contribution is 2.60. The van der Waals surface area contributed by atoms with Gasteiger partial charge in [0.05, 0.1) is 16.1 Å². The molecule has 3 fully saturated rings. The quantitative estimate of drug-likeness (QED) is 0.187. The lowest BCUT2D eigenvalue weighted by molar-refractivity contribution is -0.384. The Kier molecular flexibility index (Phi) is 7.11. The third-order valence-electron chi connectivity index (χ3n) is 9.68. The van der Waals surface area contributed by atoms with Gasteiger partial charge in [-0.25, -0.2) is 4.79 Å². The number of benzene rings is 1. The van der Waals surface area contributed by atoms with Crippen LogP contribution in [0.25, 0.3) is 0 Å². The van der Waals surface area contributed by atoms with Gasteiger partial charge in [0.15, 0.2) is 0 Å². The Balaban J connectivity index is 1.40. The molecule has 4 rings (SSSR count). The summed E-state index contributed by atoms with van der Waals surface area (Å²) in [6.45, 7) is 2.82. The Morgan fingerprint density at radius 1 is 1.27 bits per heavy atom. The van der Waals surface area contributed by atoms with Crippen LogP contribution in [0.15, 0.2) is 59.7 Å². The minimum Gasteiger partial charge on any atom is -0.458 e. The molecule has 6 heteroatoms. The number of ether oxygens (including phenoxy) is 1. The predicted octanol–water partition coefficient (Wildman–Crippen LogP) is 8.51. The molecule has 6 nitrogen and oxygen atoms in total. The van der Waals surface area contributed by atoms with E-state index in [-0.39, 0.29) is 35.1 Å². The average molecular weight is 556 g/mol. The third kappa shape index (κ3) is 7.12. The zero-order valence-corrected chi connectivity index (χ0v) is 23.8. The second-order valence-corrected chi connectivity index (χ2v) is 12.4. The molecular formula is C34H47NO5. The standard InChI is InChI=1S/C34H47NO5/c1-23-10-17-29(40-32(36)26-13-15-28(16-14-26)35(38)39)22-27(23)12-11-25-9-7-21-34(5)30(18-19-31(25)34)24(2)8-6-20-33(3,4)37/h11-16,24,29-31,37H,1,6-10,17-22H2,2-5H3/b25-11+,27-12-/t24-,29+,30-,31+,34-/m1/s1/i3D3,4D3. The number of hydrogen-bond acceptors (Lipinski definition) is 5. The number of nitro benzene ring substituents is 1. The fourth-order valence-corrected chi connectivity index (χ4v) is 7.52. The molecule has 0 bridgehead atoms. The van der Waals surface area contributed by atoms with Gasteiger partial charge in [-0.1, -0.05) is 56.6 Å². The monoisotopic (exact) mass is 555 g/mol. The first-order chi connectivity index (χ1) is 21.4. The van der Waals surface area contributed by atoms with Crippen LogP contribution in [0, 0.1) is 33.3 Å². The van der Waals surface area contributed by atoms with Gasteiger partial charge in [0.2, 0.25) is 0 Å². The van der Waals surface area contributed by atoms with Crippen molar-refractivity contribution in [3.05, 3.63) is 75.4 Å². The molecule has 40 heavy (non-hydrogen) atoms. The second kappa shape index (κ2) is 12.4. The first kappa shape index (κ1) is 22.9. The molecule has 0 unspecified atom stereocenters. The summed E-state index contributed by atoms with van der Waals surface area (Å²) in [5.41, 5.74) is 1.07. The molecule has 3 saturated carbocycles. The van der Waals surface area contributed by atoms with Crippen molar-refractivity contribution in [1.29, 1.82) is 0 Å². The van der Waals surface area contributed by atoms with Crippen LogP contribution in [0.1, 0.15) is 117 Å². The molecule has 0 radical (unpaired) electrons. The van der Waals surface area contributed by atoms with E-state index in [0.717, 1.165) is 43.3 Å². The Hall–Kier alpha value is -2.73. The summed E-state index contributed by atoms with van der Waals surface area (Å²) in [7, 11) is 0. The summed E-state index contributed by atoms with van der Waals surface area (Å²) >= 11 is 0. The SMILES string of the molecule is [2H]C([2H])([2H])C(O)(CCC[C@@H](C)[C@H]1CC[C@H]2/C(=C/C=C3/C[C@@H](OC(=O)c4ccc([N+](=O)[O-])cc4)CCC3=C)CCC[C@]12C)C([2H])([2H])[2H]. The number of esters is 1. The Morgan fingerprint density at radius 3 is 2.73 bits per heavy atom. The molecule has 0 heterocycles. The average Bonchev–Trinajstić information content (AvgIpc) is 3.33. The van der Waals surface area contributed by atoms with Crippen molar-refractivity contribution in [3.8, 4) is 0 Å². The van der Waals surface area contributed by atoms with E-state index in [2.05, 4.69) is 32.6 Å². The van der Waals surface area contributed by atoms with Crippen molar-refractivity contribution in [2.75, 3.05) is 0 Å². The van der Waals surface area contributed by atoms with Gasteiger partial charge in [0.1, 0.15) is 6.10 Å². The summed E-state index contributed by atoms with van der Waals surface area (Å²) in [6.07, 6.45) is 12.0. The summed E-state index contributed by atoms with van der Waals surface area (Å²) in [4.78, 5) is 23.1. The predicted molar refractivity (Wildman–Crippen MR) is 159 cm³/mol. The molecule has 3 aliphatic rings. The highest BCUT2D eigenvalue weighted by molar-refractivity contribution is 5.89. The molecule has 1 aromatic carbocycles. The van der Waals surface area contributed by atoms with Crippen LogP contribution in [0.2, 0.25) is 0 Å². The van der Waals surface area contributed by atoms with Crippen LogP contribution in [-0.2, 0) is 4.74 Å². The van der Waals surface area contributed by atoms with Gasteiger partial charge in [-0.3, -0.25) is 10.1 Å². The topological polar surface area (TPSA) is 89.7 Å². The summed E-state index contributed by atoms with van der Waals surface area (Å²) in [5, 5.41) is 21.6. The molecular weight excluding hydrogens is 502 g/mol. The van der Waals surface area contributed by atoms with Gasteiger partial charge in [-0.2, -0.15) is 0 Å². The number of nitrogens with zero attached hydrogens (tertiary/aromatic N) is 1. The van der Waals surface area contributed by atoms with Crippen molar-refractivity contribution in [1.82, 2.24) is 0 Å². The van der Waals surface area contributed by atoms with Crippen molar-refractivity contribution in [2.45, 2.75) is 110 Å². The number of carbonyl (C=O) groups excluding carboxylic acids is 1. The largest absolute Gasteiger partial charge is 0.458 e. The fourth-order valence-electron chi connectivity index (χ4n) is 7.52. The molecule has 0 spiro atoms. The fraction of sp³-hybridized carbons (Fsp3) is 0.618. The van der Waals surface area contributed by atoms with E-state index in [1.807, 2.05) is 0 Å². The van der Waals surface area contributed by atoms with Crippen LogP contribution in [0.3, 0.4) is 0 Å². The van der Waals surface area contributed by atoms with Crippen LogP contribution in [0.4, 0.5) is 5.69 Å². The molecule has 0 amide bonds. The second-order valence-electron chi connectivity index (χ2n) is 12.4. The van der Waals surface area contributed by atoms with E-state index in [4.69, 9.17) is 13.0 Å². The number of rotatable bonds is 9. The number of hydrogen-bond donors (Lipinski definition) is 1. The summed E-state index contributed by atoms with van der Waals surface area (Å²) in [5.74, 6) is 0.588. The molecule has 5 atom stereocenters. The molecule has 1 N–H and O–H groups in total. The van der Waals surface area contributed by atoms with Gasteiger partial charge in [0.25, 0.3) is 5.69 Å². The van der Waals surface area contributed by atoms with Gasteiger partial charge in [-0.15, -0.1) is 0 Å². The van der Waals surface area contributed by atoms with Gasteiger partial charge in [-0.05, 0) is 106 Å². The van der Waals surface area contributed by atoms with E-state index >= 15 is 0 Å². The molecule has 0 aliphatic heterocycles. The first-order valence-corrected chi connectivity index (χ1v) is 14.6. The van der Waals surface area contributed by atoms with Crippen LogP contribution in [-0.4, -0.2) is 27.7 Å². The maximum absolute atomic E-state index is 12.7. The van der Waals surface area contributed by atoms with Crippen molar-refractivity contribution < 1.29 is 27.8 Å². The Bertz CT molecular complexity index is 1350. The van der Waals surface area contributed by atoms with Crippen molar-refractivity contribution in [2.24, 2.45) is 23.2 Å². The van der Waals surface area contributed by atoms with E-state index < -0.39 is 30.2 Å². The van der Waals surface area contributed by atoms with E-state index in [1.165, 1.54) is 29.8 Å². The van der Waals surface area contributed by atoms with Crippen LogP contribution in [0.5, 0.6) is 0 Å². The van der Waals surface area contributed by atoms with Crippen molar-refractivity contribution >= 4 is 11.7 Å². The van der Waals surface area contributed by atoms with E-state index in [0.29, 0.717) is 43.9 Å². The number of aliphatic hydroxyl groups is 1. The summed E-state index contributed by atoms with van der Waals surface area (Å²) in [6, 6.07) is 5.41. The highest BCUT2D eigenvalue weighted by atomic mass is 16.6. The zero-order chi connectivity index (χ0) is 34.1. The molecule has 3 aliphatic carbocycles. The Morgan fingerprint density at radius 2 is 2.02 bits per heavy atom. The lowest BCUT2D eigenvalue weighted by atomic mass is 9.60. The molecule has 0 saturated heterocycles. The first-order valence-electron chi connectivity index (χ1n) is 17.6.